The predicted octanol–water partition coefficient (Wildman–Crippen LogP) is 9.48. The summed E-state index contributed by atoms with van der Waals surface area (Å²) in [5, 5.41) is 2.97. The van der Waals surface area contributed by atoms with Crippen molar-refractivity contribution in [2.24, 2.45) is 46.3 Å². The van der Waals surface area contributed by atoms with Gasteiger partial charge in [-0.1, -0.05) is 78.4 Å². The summed E-state index contributed by atoms with van der Waals surface area (Å²) >= 11 is 4.89. The van der Waals surface area contributed by atoms with Crippen molar-refractivity contribution in [3.05, 3.63) is 11.6 Å². The van der Waals surface area contributed by atoms with Gasteiger partial charge in [-0.05, 0) is 116 Å². The van der Waals surface area contributed by atoms with E-state index < -0.39 is 6.49 Å². The van der Waals surface area contributed by atoms with Crippen LogP contribution in [0.15, 0.2) is 11.6 Å². The van der Waals surface area contributed by atoms with Gasteiger partial charge in [-0.2, -0.15) is 0 Å². The fourth-order valence-electron chi connectivity index (χ4n) is 9.95. The summed E-state index contributed by atoms with van der Waals surface area (Å²) in [5.41, 5.74) is 2.39. The Morgan fingerprint density at radius 3 is 1.06 bits per heavy atom. The van der Waals surface area contributed by atoms with Crippen LogP contribution < -0.4 is 5.32 Å². The summed E-state index contributed by atoms with van der Waals surface area (Å²) in [6.45, 7) is 12.7. The Kier molecular flexibility index (Phi) is 984. The van der Waals surface area contributed by atoms with E-state index in [9.17, 15) is 9.69 Å². The third-order valence-electron chi connectivity index (χ3n) is 12.2. The molecule has 3 saturated carbocycles. The first-order valence-corrected chi connectivity index (χ1v) is 20.5. The molecule has 4 aliphatic rings. The third-order valence-corrected chi connectivity index (χ3v) is 13.2. The molecule has 1 unspecified atom stereocenters. The van der Waals surface area contributed by atoms with Gasteiger partial charge in [0, 0.05) is 1980 Å². The number of rotatable bonds is 14. The van der Waals surface area contributed by atoms with Crippen molar-refractivity contribution in [2.75, 3.05) is 19.8 Å². The monoisotopic (exact) mass is 5960 g/mol. The van der Waals surface area contributed by atoms with Crippen molar-refractivity contribution in [2.45, 2.75) is 137 Å². The van der Waals surface area contributed by atoms with Gasteiger partial charge in [0.25, 0.3) is 0 Å². The van der Waals surface area contributed by atoms with E-state index in [-0.39, 0.29) is 1980 Å². The number of alkyl carbamates (subject to hydrolysis) is 1. The average molecular weight is 5960 g/mol. The maximum atomic E-state index is 12.6. The van der Waals surface area contributed by atoms with Gasteiger partial charge in [0.15, 0.2) is 6.49 Å². The molecule has 422 valence electrons. The quantitative estimate of drug-likeness (QED) is 0.103. The molecule has 4 aliphatic carbocycles. The Balaban J connectivity index is -0.00000000614. The molecule has 102 heavy (non-hydrogen) atoms. The van der Waals surface area contributed by atoms with Crippen LogP contribution in [0.3, 0.4) is 0 Å². The molecule has 0 aliphatic heterocycles. The van der Waals surface area contributed by atoms with E-state index in [0.29, 0.717) is 18.6 Å². The van der Waals surface area contributed by atoms with Crippen molar-refractivity contribution >= 4 is 24.4 Å². The van der Waals surface area contributed by atoms with Gasteiger partial charge in [-0.3, -0.25) is 0 Å². The SMILES string of the molecule is CC(C)CCC[C@@H](C)[C@H]1CC[C@H]2[C@@H]3CC=C4C[C@@H](OC(=O)NCCCCCCOP(C)(O)=S)CC[C@]4(C)[C@H]3CC[C@]12C.[Y].[Y].[Y].[Y].[Y].[Y].[Y].[Y].[Y].[Y].[Y].[Y].[Y].[Y].[Y].[Y].[Y].[Y].[Y].[Y].[Y].[Y].[Y].[Y].[Y].[Y].[Y].[Y].[Y].[Y].[Y].[Y].[Y].[Y].[Y].[Y].[Y].[Y].[Y].[Y].[Y].[Y].[Y].[Y].[Y].[Y].[Y].[Y].[Y].[Y].[Y].[Y].[Y].[Y].[Y].[Y].[Y].[Y].[Y].[Y]. The number of carbonyl (C=O) groups excluding carboxylic acids is 1. The van der Waals surface area contributed by atoms with Crippen molar-refractivity contribution < 1.29 is 1980 Å². The standard InChI is InChI=1S/C35H62NO4PS.60Y/c1-25(2)12-11-13-26(3)30-16-17-31-29-15-14-27-24-28(18-20-34(27,4)32(29)19-21-35(30,31)5)40-33(37)36-22-9-7-8-10-23-39-41(6,38)42;;;;;;;;;;;;;;;;;;;;;;;;;;;;;;;;;;;;;;;;;;;;;;;;;;;;;;;;;;;;/h14,25-26,28-32H,7-13,15-24H2,1-6H3,(H,36,37)(H,38,42);;;;;;;;;;;;;;;;;;;;;;;;;;;;;;;;;;;;;;;;;;;;;;;;;;;;;;;;;;;;/t26-,28+,29+,30-,31+,32+,34+,35-,41?;;;;;;;;;;;;;;;;;;;;;;;;;;;;;;;;;;;;;;;;;;;;;;;;;;;;;;;;;;;;/m1............................................................/s1. The Bertz CT molecular complexity index is 1080. The first-order chi connectivity index (χ1) is 19.8. The molecule has 0 saturated heterocycles. The Morgan fingerprint density at radius 1 is 0.441 bits per heavy atom. The van der Waals surface area contributed by atoms with E-state index in [1.807, 2.05) is 0 Å². The Hall–Kier alpha value is 65.8. The third kappa shape index (κ3) is 201. The van der Waals surface area contributed by atoms with Gasteiger partial charge in [0.1, 0.15) is 6.10 Å². The number of allylic oxidation sites excluding steroid dienone is 1. The number of fused-ring (bicyclic) bond motifs is 5. The van der Waals surface area contributed by atoms with Crippen LogP contribution in [0.25, 0.3) is 0 Å². The van der Waals surface area contributed by atoms with Gasteiger partial charge in [-0.25, -0.2) is 4.79 Å². The predicted molar refractivity (Wildman–Crippen MR) is 178 cm³/mol. The number of ether oxygens (including phenoxy) is 1. The molecule has 2 N–H and O–H groups in total. The van der Waals surface area contributed by atoms with E-state index >= 15 is 0 Å². The summed E-state index contributed by atoms with van der Waals surface area (Å²) in [4.78, 5) is 22.1. The van der Waals surface area contributed by atoms with Gasteiger partial charge in [0.05, 0.1) is 6.61 Å². The minimum absolute atomic E-state index is 0. The number of nitrogens with one attached hydrogen (secondary N) is 1. The molecule has 0 spiro atoms. The van der Waals surface area contributed by atoms with Crippen molar-refractivity contribution in [3.63, 3.8) is 0 Å². The summed E-state index contributed by atoms with van der Waals surface area (Å²) in [6.07, 6.45) is 20.3. The van der Waals surface area contributed by atoms with E-state index in [1.54, 1.807) is 12.2 Å². The number of hydrogen-bond donors (Lipinski definition) is 2. The zero-order valence-corrected chi connectivity index (χ0v) is 234. The molecule has 9 atom stereocenters. The number of amides is 1. The van der Waals surface area contributed by atoms with Crippen LogP contribution in [0.5, 0.6) is 0 Å². The molecule has 3 fully saturated rings. The van der Waals surface area contributed by atoms with E-state index in [2.05, 4.69) is 46.0 Å². The van der Waals surface area contributed by atoms with Crippen molar-refractivity contribution in [1.29, 1.82) is 0 Å². The number of unbranched alkanes of at least 4 members (excludes halogenated alkanes) is 3. The van der Waals surface area contributed by atoms with Crippen molar-refractivity contribution in [1.82, 2.24) is 5.32 Å². The van der Waals surface area contributed by atoms with E-state index in [1.165, 1.54) is 51.4 Å². The van der Waals surface area contributed by atoms with E-state index in [0.717, 1.165) is 80.5 Å². The van der Waals surface area contributed by atoms with Crippen LogP contribution in [-0.2, 0) is 1980 Å². The fraction of sp³-hybridized carbons (Fsp3) is 0.914. The fourth-order valence-corrected chi connectivity index (χ4v) is 10.6. The molecule has 0 bridgehead atoms. The van der Waals surface area contributed by atoms with Crippen LogP contribution in [0.4, 0.5) is 4.79 Å². The summed E-state index contributed by atoms with van der Waals surface area (Å²) in [7, 11) is 0. The summed E-state index contributed by atoms with van der Waals surface area (Å²) in [6, 6.07) is 0. The number of carbonyl (C=O) groups is 1. The van der Waals surface area contributed by atoms with Crippen LogP contribution in [0.1, 0.15) is 131 Å². The average Bonchev–Trinajstić information content (AvgIpc) is 3.27. The normalized spacial score (nSPS) is 14.9. The molecule has 60 radical (unpaired) electrons. The van der Waals surface area contributed by atoms with Crippen LogP contribution >= 0.6 is 6.49 Å². The first-order valence-electron chi connectivity index (χ1n) is 17.4. The van der Waals surface area contributed by atoms with Gasteiger partial charge in [-0.15, -0.1) is 0 Å². The summed E-state index contributed by atoms with van der Waals surface area (Å²) in [5.74, 6) is 5.10. The minimum Gasteiger partial charge on any atom is -0.446 e. The summed E-state index contributed by atoms with van der Waals surface area (Å²) < 4.78 is 11.2. The first kappa shape index (κ1) is 380. The van der Waals surface area contributed by atoms with Crippen LogP contribution in [0, 0.1) is 46.3 Å². The van der Waals surface area contributed by atoms with Gasteiger partial charge < -0.3 is 19.5 Å². The molecule has 1 amide bonds. The second-order valence-electron chi connectivity index (χ2n) is 15.5. The van der Waals surface area contributed by atoms with Gasteiger partial charge in [0.2, 0.25) is 0 Å². The Morgan fingerprint density at radius 2 is 0.755 bits per heavy atom. The topological polar surface area (TPSA) is 67.8 Å². The minimum atomic E-state index is -2.54. The zero-order chi connectivity index (χ0) is 30.5. The molecule has 4 rings (SSSR count). The molecule has 5 nitrogen and oxygen atoms in total. The maximum Gasteiger partial charge on any atom is 0.407 e. The van der Waals surface area contributed by atoms with E-state index in [4.69, 9.17) is 21.1 Å². The largest absolute Gasteiger partial charge is 0.446 e. The molecule has 0 heterocycles. The smallest absolute Gasteiger partial charge is 0.407 e. The molecule has 67 heteroatoms. The van der Waals surface area contributed by atoms with Crippen LogP contribution in [0.2, 0.25) is 0 Å². The van der Waals surface area contributed by atoms with Gasteiger partial charge >= 0.3 is 6.09 Å². The van der Waals surface area contributed by atoms with Crippen molar-refractivity contribution in [3.8, 4) is 0 Å². The second kappa shape index (κ2) is 264. The second-order valence-corrected chi connectivity index (χ2v) is 19.4. The molecule has 0 aromatic carbocycles. The molecular weight excluding hydrogens is 5900 g/mol. The van der Waals surface area contributed by atoms with Crippen LogP contribution in [-0.4, -0.2) is 36.9 Å². The number of hydrogen-bond acceptors (Lipinski definition) is 4. The molecular formula is C35H62NO4PSY60. The molecule has 0 aromatic rings. The zero-order valence-electron chi connectivity index (χ0n) is 62.3. The Labute approximate surface area is 2150 Å². The maximum absolute atomic E-state index is 12.6. The molecule has 0 aromatic heterocycles.